The molecule has 0 unspecified atom stereocenters. The Morgan fingerprint density at radius 3 is 2.57 bits per heavy atom. The molecule has 0 aromatic rings. The maximum atomic E-state index is 12.1. The molecule has 3 nitrogen and oxygen atoms in total. The van der Waals surface area contributed by atoms with Crippen LogP contribution in [0.1, 0.15) is 98.8 Å². The zero-order chi connectivity index (χ0) is 21.7. The van der Waals surface area contributed by atoms with Crippen LogP contribution in [0.15, 0.2) is 16.8 Å². The van der Waals surface area contributed by atoms with Gasteiger partial charge in [0.2, 0.25) is 0 Å². The lowest BCUT2D eigenvalue weighted by Crippen LogP contribution is -2.53. The summed E-state index contributed by atoms with van der Waals surface area (Å²) in [4.78, 5) is 12.1. The molecule has 0 aromatic heterocycles. The van der Waals surface area contributed by atoms with Crippen molar-refractivity contribution in [2.75, 3.05) is 0 Å². The summed E-state index contributed by atoms with van der Waals surface area (Å²) in [5.74, 6) is 4.64. The third-order valence-electron chi connectivity index (χ3n) is 10.1. The molecule has 3 fully saturated rings. The number of nitrogens with zero attached hydrogens (tertiary/aromatic N) is 1. The molecular formula is C27H43NO2. The van der Waals surface area contributed by atoms with E-state index in [1.807, 2.05) is 6.08 Å². The summed E-state index contributed by atoms with van der Waals surface area (Å²) in [5, 5.41) is 13.6. The second-order valence-corrected chi connectivity index (χ2v) is 12.1. The van der Waals surface area contributed by atoms with Gasteiger partial charge in [-0.3, -0.25) is 4.79 Å². The van der Waals surface area contributed by atoms with Crippen molar-refractivity contribution in [2.45, 2.75) is 98.8 Å². The molecule has 0 aromatic carbocycles. The van der Waals surface area contributed by atoms with E-state index < -0.39 is 0 Å². The van der Waals surface area contributed by atoms with E-state index in [1.54, 1.807) is 0 Å². The van der Waals surface area contributed by atoms with Crippen LogP contribution in [0.5, 0.6) is 0 Å². The van der Waals surface area contributed by atoms with Crippen LogP contribution in [0.2, 0.25) is 0 Å². The third kappa shape index (κ3) is 3.48. The number of rotatable bonds is 5. The molecule has 0 amide bonds. The van der Waals surface area contributed by atoms with Gasteiger partial charge in [-0.15, -0.1) is 0 Å². The van der Waals surface area contributed by atoms with Crippen LogP contribution in [0.3, 0.4) is 0 Å². The Morgan fingerprint density at radius 2 is 1.87 bits per heavy atom. The van der Waals surface area contributed by atoms with E-state index >= 15 is 0 Å². The normalized spacial score (nSPS) is 43.2. The van der Waals surface area contributed by atoms with Gasteiger partial charge in [-0.05, 0) is 96.5 Å². The second-order valence-electron chi connectivity index (χ2n) is 12.1. The molecule has 4 aliphatic carbocycles. The van der Waals surface area contributed by atoms with Crippen LogP contribution in [-0.2, 0) is 4.79 Å². The lowest BCUT2D eigenvalue weighted by Gasteiger charge is -2.58. The van der Waals surface area contributed by atoms with E-state index in [0.29, 0.717) is 23.7 Å². The zero-order valence-electron chi connectivity index (χ0n) is 19.9. The Morgan fingerprint density at radius 1 is 1.10 bits per heavy atom. The second kappa shape index (κ2) is 8.10. The molecule has 0 heterocycles. The summed E-state index contributed by atoms with van der Waals surface area (Å²) in [6.07, 6.45) is 13.7. The SMILES string of the molecule is CC(C)CCC[C@@H](C)[C@H]1CC[C@H]2[C@@H]3C/C(=N\O)C4=CC(=O)CC[C@]4(C)[C@H]3CC[C@]12C. The highest BCUT2D eigenvalue weighted by Gasteiger charge is 2.60. The first-order valence-corrected chi connectivity index (χ1v) is 12.7. The molecule has 0 saturated heterocycles. The average molecular weight is 414 g/mol. The Bertz CT molecular complexity index is 737. The number of carbonyl (C=O) groups excluding carboxylic acids is 1. The highest BCUT2D eigenvalue weighted by atomic mass is 16.4. The molecular weight excluding hydrogens is 370 g/mol. The predicted octanol–water partition coefficient (Wildman–Crippen LogP) is 7.04. The first kappa shape index (κ1) is 22.1. The summed E-state index contributed by atoms with van der Waals surface area (Å²) >= 11 is 0. The maximum absolute atomic E-state index is 12.1. The van der Waals surface area contributed by atoms with Crippen LogP contribution < -0.4 is 0 Å². The van der Waals surface area contributed by atoms with Crippen LogP contribution in [0.25, 0.3) is 0 Å². The third-order valence-corrected chi connectivity index (χ3v) is 10.1. The van der Waals surface area contributed by atoms with Crippen LogP contribution >= 0.6 is 0 Å². The molecule has 3 heteroatoms. The topological polar surface area (TPSA) is 49.7 Å². The van der Waals surface area contributed by atoms with Gasteiger partial charge in [0.05, 0.1) is 5.71 Å². The fourth-order valence-electron chi connectivity index (χ4n) is 8.53. The summed E-state index contributed by atoms with van der Waals surface area (Å²) in [6, 6.07) is 0. The van der Waals surface area contributed by atoms with E-state index in [2.05, 4.69) is 39.8 Å². The van der Waals surface area contributed by atoms with E-state index in [9.17, 15) is 10.0 Å². The van der Waals surface area contributed by atoms with Crippen molar-refractivity contribution in [2.24, 2.45) is 51.5 Å². The minimum absolute atomic E-state index is 0.0146. The number of carbonyl (C=O) groups is 1. The zero-order valence-corrected chi connectivity index (χ0v) is 19.9. The Labute approximate surface area is 183 Å². The van der Waals surface area contributed by atoms with Crippen molar-refractivity contribution in [1.29, 1.82) is 0 Å². The van der Waals surface area contributed by atoms with Gasteiger partial charge in [0.15, 0.2) is 5.78 Å². The van der Waals surface area contributed by atoms with Gasteiger partial charge in [0.1, 0.15) is 0 Å². The predicted molar refractivity (Wildman–Crippen MR) is 123 cm³/mol. The highest BCUT2D eigenvalue weighted by molar-refractivity contribution is 6.08. The number of oxime groups is 1. The van der Waals surface area contributed by atoms with Crippen molar-refractivity contribution in [1.82, 2.24) is 0 Å². The smallest absolute Gasteiger partial charge is 0.156 e. The van der Waals surface area contributed by atoms with E-state index in [-0.39, 0.29) is 11.2 Å². The molecule has 30 heavy (non-hydrogen) atoms. The van der Waals surface area contributed by atoms with E-state index in [1.165, 1.54) is 44.9 Å². The summed E-state index contributed by atoms with van der Waals surface area (Å²) < 4.78 is 0. The number of hydrogen-bond acceptors (Lipinski definition) is 3. The molecule has 1 N–H and O–H groups in total. The maximum Gasteiger partial charge on any atom is 0.156 e. The van der Waals surface area contributed by atoms with Crippen LogP contribution in [0, 0.1) is 46.3 Å². The van der Waals surface area contributed by atoms with Gasteiger partial charge in [-0.25, -0.2) is 0 Å². The first-order chi connectivity index (χ1) is 14.2. The molecule has 0 aliphatic heterocycles. The molecule has 168 valence electrons. The molecule has 4 aliphatic rings. The molecule has 3 saturated carbocycles. The highest BCUT2D eigenvalue weighted by Crippen LogP contribution is 2.67. The minimum atomic E-state index is 0.0146. The van der Waals surface area contributed by atoms with Crippen molar-refractivity contribution >= 4 is 11.5 Å². The Hall–Kier alpha value is -1.12. The first-order valence-electron chi connectivity index (χ1n) is 12.7. The lowest BCUT2D eigenvalue weighted by atomic mass is 9.46. The fourth-order valence-corrected chi connectivity index (χ4v) is 8.53. The van der Waals surface area contributed by atoms with E-state index in [0.717, 1.165) is 47.8 Å². The van der Waals surface area contributed by atoms with Gasteiger partial charge in [-0.2, -0.15) is 0 Å². The Kier molecular flexibility index (Phi) is 5.96. The summed E-state index contributed by atoms with van der Waals surface area (Å²) in [5.41, 5.74) is 2.31. The minimum Gasteiger partial charge on any atom is -0.411 e. The lowest BCUT2D eigenvalue weighted by molar-refractivity contribution is -0.116. The Balaban J connectivity index is 1.57. The van der Waals surface area contributed by atoms with Gasteiger partial charge < -0.3 is 5.21 Å². The fraction of sp³-hybridized carbons (Fsp3) is 0.852. The monoisotopic (exact) mass is 413 g/mol. The largest absolute Gasteiger partial charge is 0.411 e. The standard InChI is InChI=1S/C27H43NO2/c1-17(2)7-6-8-18(3)21-9-10-22-20-16-25(28-30)24-15-19(29)11-13-27(24,5)23(20)12-14-26(21,22)4/h15,17-18,20-23,30H,6-14,16H2,1-5H3/b28-25+/t18-,20+,21-,22+,23+,26-,27-/m1/s1. The van der Waals surface area contributed by atoms with Crippen molar-refractivity contribution in [3.8, 4) is 0 Å². The van der Waals surface area contributed by atoms with Gasteiger partial charge >= 0.3 is 0 Å². The molecule has 0 radical (unpaired) electrons. The molecule has 0 spiro atoms. The van der Waals surface area contributed by atoms with Gasteiger partial charge in [0, 0.05) is 6.42 Å². The van der Waals surface area contributed by atoms with Crippen molar-refractivity contribution in [3.63, 3.8) is 0 Å². The molecule has 4 rings (SSSR count). The average Bonchev–Trinajstić information content (AvgIpc) is 3.05. The van der Waals surface area contributed by atoms with Gasteiger partial charge in [-0.1, -0.05) is 59.0 Å². The van der Waals surface area contributed by atoms with Gasteiger partial charge in [0.25, 0.3) is 0 Å². The van der Waals surface area contributed by atoms with Crippen LogP contribution in [-0.4, -0.2) is 16.7 Å². The number of fused-ring (bicyclic) bond motifs is 5. The summed E-state index contributed by atoms with van der Waals surface area (Å²) in [7, 11) is 0. The molecule has 0 bridgehead atoms. The van der Waals surface area contributed by atoms with Crippen molar-refractivity contribution < 1.29 is 10.0 Å². The quantitative estimate of drug-likeness (QED) is 0.388. The number of ketones is 1. The van der Waals surface area contributed by atoms with Crippen molar-refractivity contribution in [3.05, 3.63) is 11.6 Å². The number of hydrogen-bond donors (Lipinski definition) is 1. The number of allylic oxidation sites excluding steroid dienone is 1. The van der Waals surface area contributed by atoms with Crippen LogP contribution in [0.4, 0.5) is 0 Å². The van der Waals surface area contributed by atoms with E-state index in [4.69, 9.17) is 0 Å². The molecule has 7 atom stereocenters. The summed E-state index contributed by atoms with van der Waals surface area (Å²) in [6.45, 7) is 12.1.